The molecule has 0 spiro atoms. The van der Waals surface area contributed by atoms with Crippen molar-refractivity contribution >= 4 is 11.9 Å². The Labute approximate surface area is 98.5 Å². The lowest BCUT2D eigenvalue weighted by molar-refractivity contribution is 0.625. The average molecular weight is 235 g/mol. The van der Waals surface area contributed by atoms with E-state index in [1.165, 1.54) is 16.8 Å². The van der Waals surface area contributed by atoms with E-state index in [1.807, 2.05) is 6.92 Å². The summed E-state index contributed by atoms with van der Waals surface area (Å²) in [6.45, 7) is 2.81. The molecule has 3 N–H and O–H groups in total. The van der Waals surface area contributed by atoms with E-state index >= 15 is 0 Å². The van der Waals surface area contributed by atoms with Crippen LogP contribution in [0.2, 0.25) is 0 Å². The van der Waals surface area contributed by atoms with Gasteiger partial charge in [0, 0.05) is 6.54 Å². The molecule has 0 atom stereocenters. The fourth-order valence-corrected chi connectivity index (χ4v) is 1.43. The monoisotopic (exact) mass is 235 g/mol. The Morgan fingerprint density at radius 1 is 1.47 bits per heavy atom. The van der Waals surface area contributed by atoms with Crippen LogP contribution in [0.25, 0.3) is 5.69 Å². The number of benzene rings is 1. The van der Waals surface area contributed by atoms with Gasteiger partial charge in [0.15, 0.2) is 0 Å². The van der Waals surface area contributed by atoms with Crippen molar-refractivity contribution in [2.24, 2.45) is 0 Å². The van der Waals surface area contributed by atoms with Gasteiger partial charge in [0.05, 0.1) is 5.69 Å². The summed E-state index contributed by atoms with van der Waals surface area (Å²) in [5.41, 5.74) is 6.28. The van der Waals surface area contributed by atoms with Crippen LogP contribution < -0.4 is 11.1 Å². The van der Waals surface area contributed by atoms with Gasteiger partial charge in [-0.15, -0.1) is 5.10 Å². The van der Waals surface area contributed by atoms with Crippen molar-refractivity contribution in [3.63, 3.8) is 0 Å². The second kappa shape index (κ2) is 4.82. The maximum atomic E-state index is 13.1. The normalized spacial score (nSPS) is 10.5. The number of hydrogen-bond donors (Lipinski definition) is 2. The molecule has 1 aromatic heterocycles. The fraction of sp³-hybridized carbons (Fsp3) is 0.273. The number of rotatable bonds is 4. The maximum Gasteiger partial charge on any atom is 0.244 e. The lowest BCUT2D eigenvalue weighted by atomic mass is 10.3. The second-order valence-corrected chi connectivity index (χ2v) is 3.61. The first-order chi connectivity index (χ1) is 8.20. The highest BCUT2D eigenvalue weighted by Gasteiger charge is 2.08. The standard InChI is InChI=1S/C11H14FN5/c1-2-6-14-11-15-10(13)17(16-11)9-5-3-4-8(12)7-9/h3-5,7H,2,6H2,1H3,(H3,13,14,15,16). The van der Waals surface area contributed by atoms with Gasteiger partial charge in [-0.25, -0.2) is 4.39 Å². The smallest absolute Gasteiger partial charge is 0.244 e. The minimum Gasteiger partial charge on any atom is -0.368 e. The molecular weight excluding hydrogens is 221 g/mol. The number of nitrogen functional groups attached to an aromatic ring is 1. The number of halogens is 1. The Balaban J connectivity index is 2.29. The van der Waals surface area contributed by atoms with E-state index in [9.17, 15) is 4.39 Å². The quantitative estimate of drug-likeness (QED) is 0.848. The van der Waals surface area contributed by atoms with Crippen LogP contribution in [-0.4, -0.2) is 21.3 Å². The third-order valence-electron chi connectivity index (χ3n) is 2.22. The van der Waals surface area contributed by atoms with Crippen molar-refractivity contribution in [3.8, 4) is 5.69 Å². The van der Waals surface area contributed by atoms with E-state index < -0.39 is 0 Å². The van der Waals surface area contributed by atoms with Crippen molar-refractivity contribution in [2.75, 3.05) is 17.6 Å². The molecule has 2 rings (SSSR count). The number of hydrogen-bond acceptors (Lipinski definition) is 4. The van der Waals surface area contributed by atoms with Crippen LogP contribution in [0.15, 0.2) is 24.3 Å². The molecule has 17 heavy (non-hydrogen) atoms. The van der Waals surface area contributed by atoms with Crippen LogP contribution in [0.1, 0.15) is 13.3 Å². The first-order valence-corrected chi connectivity index (χ1v) is 5.43. The summed E-state index contributed by atoms with van der Waals surface area (Å²) in [5, 5.41) is 7.18. The average Bonchev–Trinajstić information content (AvgIpc) is 2.68. The molecule has 0 aliphatic carbocycles. The molecule has 0 amide bonds. The molecule has 1 heterocycles. The molecule has 0 radical (unpaired) electrons. The van der Waals surface area contributed by atoms with Gasteiger partial charge in [0.2, 0.25) is 11.9 Å². The lowest BCUT2D eigenvalue weighted by Gasteiger charge is -2.01. The molecule has 0 aliphatic heterocycles. The molecule has 0 aliphatic rings. The van der Waals surface area contributed by atoms with Gasteiger partial charge in [-0.05, 0) is 24.6 Å². The predicted molar refractivity (Wildman–Crippen MR) is 64.5 cm³/mol. The van der Waals surface area contributed by atoms with E-state index in [4.69, 9.17) is 5.73 Å². The molecule has 6 heteroatoms. The Hall–Kier alpha value is -2.11. The molecule has 0 unspecified atom stereocenters. The van der Waals surface area contributed by atoms with Gasteiger partial charge >= 0.3 is 0 Å². The Bertz CT molecular complexity index is 508. The third kappa shape index (κ3) is 2.52. The predicted octanol–water partition coefficient (Wildman–Crippen LogP) is 1.81. The highest BCUT2D eigenvalue weighted by molar-refractivity contribution is 5.41. The number of anilines is 2. The largest absolute Gasteiger partial charge is 0.368 e. The molecule has 0 saturated carbocycles. The molecule has 5 nitrogen and oxygen atoms in total. The second-order valence-electron chi connectivity index (χ2n) is 3.61. The molecule has 0 fully saturated rings. The van der Waals surface area contributed by atoms with Gasteiger partial charge in [0.1, 0.15) is 5.82 Å². The van der Waals surface area contributed by atoms with Crippen molar-refractivity contribution < 1.29 is 4.39 Å². The third-order valence-corrected chi connectivity index (χ3v) is 2.22. The summed E-state index contributed by atoms with van der Waals surface area (Å²) in [7, 11) is 0. The first-order valence-electron chi connectivity index (χ1n) is 5.43. The minimum atomic E-state index is -0.333. The van der Waals surface area contributed by atoms with Crippen molar-refractivity contribution in [1.82, 2.24) is 14.8 Å². The summed E-state index contributed by atoms with van der Waals surface area (Å²) >= 11 is 0. The Morgan fingerprint density at radius 3 is 3.00 bits per heavy atom. The van der Waals surface area contributed by atoms with Crippen LogP contribution in [0, 0.1) is 5.82 Å². The Morgan fingerprint density at radius 2 is 2.29 bits per heavy atom. The van der Waals surface area contributed by atoms with E-state index in [-0.39, 0.29) is 11.8 Å². The highest BCUT2D eigenvalue weighted by atomic mass is 19.1. The molecule has 2 aromatic rings. The van der Waals surface area contributed by atoms with Crippen molar-refractivity contribution in [3.05, 3.63) is 30.1 Å². The van der Waals surface area contributed by atoms with E-state index in [1.54, 1.807) is 12.1 Å². The van der Waals surface area contributed by atoms with Gasteiger partial charge in [-0.2, -0.15) is 9.67 Å². The molecule has 1 aromatic carbocycles. The summed E-state index contributed by atoms with van der Waals surface area (Å²) < 4.78 is 14.5. The number of aromatic nitrogens is 3. The SMILES string of the molecule is CCCNc1nc(N)n(-c2cccc(F)c2)n1. The summed E-state index contributed by atoms with van der Waals surface area (Å²) in [5.74, 6) is 0.350. The zero-order valence-corrected chi connectivity index (χ0v) is 9.52. The molecular formula is C11H14FN5. The summed E-state index contributed by atoms with van der Waals surface area (Å²) in [6.07, 6.45) is 0.967. The van der Waals surface area contributed by atoms with Crippen LogP contribution in [0.3, 0.4) is 0 Å². The van der Waals surface area contributed by atoms with Gasteiger partial charge in [0.25, 0.3) is 0 Å². The molecule has 90 valence electrons. The maximum absolute atomic E-state index is 13.1. The summed E-state index contributed by atoms with van der Waals surface area (Å²) in [4.78, 5) is 4.05. The zero-order valence-electron chi connectivity index (χ0n) is 9.52. The van der Waals surface area contributed by atoms with Crippen molar-refractivity contribution in [2.45, 2.75) is 13.3 Å². The van der Waals surface area contributed by atoms with Gasteiger partial charge in [-0.3, -0.25) is 0 Å². The topological polar surface area (TPSA) is 68.8 Å². The van der Waals surface area contributed by atoms with Gasteiger partial charge in [-0.1, -0.05) is 13.0 Å². The van der Waals surface area contributed by atoms with Crippen LogP contribution in [0.5, 0.6) is 0 Å². The van der Waals surface area contributed by atoms with E-state index in [2.05, 4.69) is 15.4 Å². The first kappa shape index (κ1) is 11.4. The number of nitrogens with zero attached hydrogens (tertiary/aromatic N) is 3. The zero-order chi connectivity index (χ0) is 12.3. The van der Waals surface area contributed by atoms with E-state index in [0.717, 1.165) is 13.0 Å². The van der Waals surface area contributed by atoms with Crippen LogP contribution in [-0.2, 0) is 0 Å². The van der Waals surface area contributed by atoms with Crippen LogP contribution >= 0.6 is 0 Å². The lowest BCUT2D eigenvalue weighted by Crippen LogP contribution is -2.03. The van der Waals surface area contributed by atoms with Crippen molar-refractivity contribution in [1.29, 1.82) is 0 Å². The molecule has 0 bridgehead atoms. The minimum absolute atomic E-state index is 0.231. The number of nitrogens with one attached hydrogen (secondary N) is 1. The van der Waals surface area contributed by atoms with Gasteiger partial charge < -0.3 is 11.1 Å². The summed E-state index contributed by atoms with van der Waals surface area (Å²) in [6, 6.07) is 6.05. The Kier molecular flexibility index (Phi) is 3.22. The molecule has 0 saturated heterocycles. The highest BCUT2D eigenvalue weighted by Crippen LogP contribution is 2.14. The number of nitrogens with two attached hydrogens (primary N) is 1. The van der Waals surface area contributed by atoms with E-state index in [0.29, 0.717) is 11.6 Å². The van der Waals surface area contributed by atoms with Crippen LogP contribution in [0.4, 0.5) is 16.3 Å². The fourth-order valence-electron chi connectivity index (χ4n) is 1.43.